The fraction of sp³-hybridized carbons (Fsp3) is 0.571. The quantitative estimate of drug-likeness (QED) is 0.747. The molecule has 13 heavy (non-hydrogen) atoms. The lowest BCUT2D eigenvalue weighted by atomic mass is 10.4. The van der Waals surface area contributed by atoms with Gasteiger partial charge in [-0.2, -0.15) is 0 Å². The minimum absolute atomic E-state index is 0.131. The molecule has 0 aliphatic rings. The van der Waals surface area contributed by atoms with Crippen molar-refractivity contribution in [2.75, 3.05) is 11.2 Å². The van der Waals surface area contributed by atoms with Crippen LogP contribution in [0.5, 0.6) is 0 Å². The summed E-state index contributed by atoms with van der Waals surface area (Å²) in [5.74, 6) is 0.558. The second kappa shape index (κ2) is 4.81. The van der Waals surface area contributed by atoms with Gasteiger partial charge in [0.2, 0.25) is 11.8 Å². The molecule has 0 spiro atoms. The molecule has 0 saturated carbocycles. The van der Waals surface area contributed by atoms with Crippen molar-refractivity contribution in [3.8, 4) is 0 Å². The predicted octanol–water partition coefficient (Wildman–Crippen LogP) is 1.20. The van der Waals surface area contributed by atoms with Gasteiger partial charge in [-0.25, -0.2) is 0 Å². The maximum Gasteiger partial charge on any atom is 0.322 e. The molecule has 1 aromatic rings. The number of anilines is 1. The Morgan fingerprint density at radius 1 is 1.62 bits per heavy atom. The van der Waals surface area contributed by atoms with Crippen molar-refractivity contribution < 1.29 is 9.21 Å². The van der Waals surface area contributed by atoms with E-state index in [9.17, 15) is 4.79 Å². The van der Waals surface area contributed by atoms with Crippen LogP contribution in [0.1, 0.15) is 19.2 Å². The zero-order valence-electron chi connectivity index (χ0n) is 7.21. The second-order valence-corrected chi connectivity index (χ2v) is 2.72. The number of carbonyl (C=O) groups is 1. The largest absolute Gasteiger partial charge is 0.408 e. The smallest absolute Gasteiger partial charge is 0.322 e. The number of carbonyl (C=O) groups excluding carboxylic acids is 1. The van der Waals surface area contributed by atoms with Gasteiger partial charge < -0.3 is 4.42 Å². The Kier molecular flexibility index (Phi) is 3.70. The Balaban J connectivity index is 2.49. The molecular formula is C7H10ClN3O2. The SMILES string of the molecule is CCc1nnc(NC(=O)CCCl)o1. The normalized spacial score (nSPS) is 10.0. The van der Waals surface area contributed by atoms with Crippen molar-refractivity contribution in [1.82, 2.24) is 10.2 Å². The highest BCUT2D eigenvalue weighted by Crippen LogP contribution is 2.05. The highest BCUT2D eigenvalue weighted by molar-refractivity contribution is 6.19. The first kappa shape index (κ1) is 9.98. The van der Waals surface area contributed by atoms with Crippen molar-refractivity contribution >= 4 is 23.5 Å². The van der Waals surface area contributed by atoms with Crippen LogP contribution in [-0.4, -0.2) is 22.0 Å². The Labute approximate surface area is 80.5 Å². The number of hydrogen-bond acceptors (Lipinski definition) is 4. The highest BCUT2D eigenvalue weighted by atomic mass is 35.5. The standard InChI is InChI=1S/C7H10ClN3O2/c1-2-6-10-11-7(13-6)9-5(12)3-4-8/h2-4H2,1H3,(H,9,11,12). The Hall–Kier alpha value is -1.10. The number of rotatable bonds is 4. The molecule has 5 nitrogen and oxygen atoms in total. The van der Waals surface area contributed by atoms with E-state index in [-0.39, 0.29) is 24.2 Å². The summed E-state index contributed by atoms with van der Waals surface area (Å²) in [5.41, 5.74) is 0. The first-order valence-corrected chi connectivity index (χ1v) is 4.48. The Bertz CT molecular complexity index is 287. The van der Waals surface area contributed by atoms with Gasteiger partial charge in [-0.15, -0.1) is 16.7 Å². The monoisotopic (exact) mass is 203 g/mol. The van der Waals surface area contributed by atoms with Crippen LogP contribution >= 0.6 is 11.6 Å². The van der Waals surface area contributed by atoms with Crippen LogP contribution in [0.15, 0.2) is 4.42 Å². The molecule has 0 atom stereocenters. The first-order valence-electron chi connectivity index (χ1n) is 3.94. The number of nitrogens with one attached hydrogen (secondary N) is 1. The van der Waals surface area contributed by atoms with Gasteiger partial charge >= 0.3 is 6.01 Å². The number of halogens is 1. The summed E-state index contributed by atoms with van der Waals surface area (Å²) in [4.78, 5) is 11.0. The molecule has 1 N–H and O–H groups in total. The third-order valence-electron chi connectivity index (χ3n) is 1.34. The van der Waals surface area contributed by atoms with Crippen molar-refractivity contribution in [3.63, 3.8) is 0 Å². The first-order chi connectivity index (χ1) is 6.26. The maximum absolute atomic E-state index is 11.0. The topological polar surface area (TPSA) is 68.0 Å². The van der Waals surface area contributed by atoms with Crippen molar-refractivity contribution in [2.45, 2.75) is 19.8 Å². The summed E-state index contributed by atoms with van der Waals surface area (Å²) in [6, 6.07) is 0.131. The lowest BCUT2D eigenvalue weighted by molar-refractivity contribution is -0.115. The molecule has 0 aliphatic heterocycles. The molecule has 0 radical (unpaired) electrons. The van der Waals surface area contributed by atoms with Gasteiger partial charge in [-0.1, -0.05) is 12.0 Å². The number of aryl methyl sites for hydroxylation is 1. The van der Waals surface area contributed by atoms with Gasteiger partial charge in [-0.3, -0.25) is 10.1 Å². The van der Waals surface area contributed by atoms with Crippen LogP contribution in [-0.2, 0) is 11.2 Å². The summed E-state index contributed by atoms with van der Waals surface area (Å²) in [6.45, 7) is 1.89. The molecule has 1 rings (SSSR count). The number of aromatic nitrogens is 2. The predicted molar refractivity (Wildman–Crippen MR) is 47.6 cm³/mol. The van der Waals surface area contributed by atoms with Crippen LogP contribution < -0.4 is 5.32 Å². The highest BCUT2D eigenvalue weighted by Gasteiger charge is 2.07. The maximum atomic E-state index is 11.0. The Morgan fingerprint density at radius 3 is 2.92 bits per heavy atom. The van der Waals surface area contributed by atoms with Crippen molar-refractivity contribution in [2.24, 2.45) is 0 Å². The molecule has 0 unspecified atom stereocenters. The number of amides is 1. The fourth-order valence-electron chi connectivity index (χ4n) is 0.715. The van der Waals surface area contributed by atoms with E-state index in [0.717, 1.165) is 0 Å². The van der Waals surface area contributed by atoms with E-state index in [0.29, 0.717) is 12.3 Å². The zero-order chi connectivity index (χ0) is 9.68. The summed E-state index contributed by atoms with van der Waals surface area (Å²) in [6.07, 6.45) is 0.893. The third-order valence-corrected chi connectivity index (χ3v) is 1.53. The van der Waals surface area contributed by atoms with E-state index >= 15 is 0 Å². The second-order valence-electron chi connectivity index (χ2n) is 2.34. The summed E-state index contributed by atoms with van der Waals surface area (Å²) in [5, 5.41) is 9.73. The molecule has 72 valence electrons. The van der Waals surface area contributed by atoms with Crippen LogP contribution in [0, 0.1) is 0 Å². The van der Waals surface area contributed by atoms with Gasteiger partial charge in [0.15, 0.2) is 0 Å². The van der Waals surface area contributed by atoms with E-state index in [2.05, 4.69) is 15.5 Å². The molecule has 0 fully saturated rings. The Morgan fingerprint density at radius 2 is 2.38 bits per heavy atom. The summed E-state index contributed by atoms with van der Waals surface area (Å²) >= 11 is 5.37. The average Bonchev–Trinajstić information content (AvgIpc) is 2.52. The van der Waals surface area contributed by atoms with Crippen molar-refractivity contribution in [1.29, 1.82) is 0 Å². The minimum Gasteiger partial charge on any atom is -0.408 e. The van der Waals surface area contributed by atoms with E-state index < -0.39 is 0 Å². The van der Waals surface area contributed by atoms with E-state index in [1.165, 1.54) is 0 Å². The van der Waals surface area contributed by atoms with E-state index in [1.807, 2.05) is 6.92 Å². The van der Waals surface area contributed by atoms with Gasteiger partial charge in [0.25, 0.3) is 0 Å². The van der Waals surface area contributed by atoms with Crippen LogP contribution in [0.3, 0.4) is 0 Å². The molecular weight excluding hydrogens is 194 g/mol. The average molecular weight is 204 g/mol. The number of hydrogen-bond donors (Lipinski definition) is 1. The van der Waals surface area contributed by atoms with Gasteiger partial charge in [0.1, 0.15) is 0 Å². The van der Waals surface area contributed by atoms with Gasteiger partial charge in [0.05, 0.1) is 0 Å². The molecule has 0 aromatic carbocycles. The fourth-order valence-corrected chi connectivity index (χ4v) is 0.886. The minimum atomic E-state index is -0.221. The molecule has 6 heteroatoms. The summed E-state index contributed by atoms with van der Waals surface area (Å²) in [7, 11) is 0. The zero-order valence-corrected chi connectivity index (χ0v) is 7.97. The number of nitrogens with zero attached hydrogens (tertiary/aromatic N) is 2. The molecule has 0 saturated heterocycles. The lowest BCUT2D eigenvalue weighted by Crippen LogP contribution is -2.11. The molecule has 1 heterocycles. The van der Waals surface area contributed by atoms with E-state index in [1.54, 1.807) is 0 Å². The third kappa shape index (κ3) is 3.02. The van der Waals surface area contributed by atoms with Crippen LogP contribution in [0.4, 0.5) is 6.01 Å². The van der Waals surface area contributed by atoms with Crippen molar-refractivity contribution in [3.05, 3.63) is 5.89 Å². The lowest BCUT2D eigenvalue weighted by Gasteiger charge is -1.95. The summed E-state index contributed by atoms with van der Waals surface area (Å²) < 4.78 is 5.05. The van der Waals surface area contributed by atoms with Crippen LogP contribution in [0.2, 0.25) is 0 Å². The number of alkyl halides is 1. The molecule has 0 bridgehead atoms. The van der Waals surface area contributed by atoms with E-state index in [4.69, 9.17) is 16.0 Å². The van der Waals surface area contributed by atoms with Gasteiger partial charge in [-0.05, 0) is 0 Å². The molecule has 1 aromatic heterocycles. The molecule has 0 aliphatic carbocycles. The van der Waals surface area contributed by atoms with Crippen LogP contribution in [0.25, 0.3) is 0 Å². The molecule has 1 amide bonds. The van der Waals surface area contributed by atoms with Gasteiger partial charge in [0, 0.05) is 18.7 Å².